The number of nitrogens with zero attached hydrogens (tertiary/aromatic N) is 1. The molecule has 0 spiro atoms. The van der Waals surface area contributed by atoms with Crippen LogP contribution in [0, 0.1) is 13.8 Å². The molecule has 0 atom stereocenters. The maximum absolute atomic E-state index is 12.8. The van der Waals surface area contributed by atoms with Gasteiger partial charge >= 0.3 is 0 Å². The molecule has 3 aromatic rings. The quantitative estimate of drug-likeness (QED) is 0.615. The first-order valence-corrected chi connectivity index (χ1v) is 9.82. The first kappa shape index (κ1) is 19.7. The Balaban J connectivity index is 1.49. The van der Waals surface area contributed by atoms with Crippen molar-refractivity contribution in [3.05, 3.63) is 76.2 Å². The van der Waals surface area contributed by atoms with Crippen molar-refractivity contribution in [1.29, 1.82) is 0 Å². The summed E-state index contributed by atoms with van der Waals surface area (Å²) in [6.45, 7) is 4.01. The molecule has 0 radical (unpaired) electrons. The highest BCUT2D eigenvalue weighted by atomic mass is 16.5. The minimum absolute atomic E-state index is 0.250. The average molecular weight is 405 g/mol. The molecule has 0 bridgehead atoms. The molecule has 1 heterocycles. The zero-order valence-electron chi connectivity index (χ0n) is 16.9. The summed E-state index contributed by atoms with van der Waals surface area (Å²) >= 11 is 0. The highest BCUT2D eigenvalue weighted by molar-refractivity contribution is 6.06. The molecule has 7 nitrogen and oxygen atoms in total. The van der Waals surface area contributed by atoms with Gasteiger partial charge in [0.05, 0.1) is 0 Å². The van der Waals surface area contributed by atoms with Crippen LogP contribution in [-0.4, -0.2) is 17.0 Å². The molecule has 2 aromatic carbocycles. The number of aryl methyl sites for hydroxylation is 2. The van der Waals surface area contributed by atoms with E-state index in [1.165, 1.54) is 0 Å². The third-order valence-electron chi connectivity index (χ3n) is 5.12. The second-order valence-corrected chi connectivity index (χ2v) is 7.55. The van der Waals surface area contributed by atoms with Gasteiger partial charge in [0.25, 0.3) is 5.91 Å². The summed E-state index contributed by atoms with van der Waals surface area (Å²) in [6, 6.07) is 12.2. The lowest BCUT2D eigenvalue weighted by Gasteiger charge is -2.17. The molecule has 2 amide bonds. The van der Waals surface area contributed by atoms with Crippen LogP contribution in [0.3, 0.4) is 0 Å². The fourth-order valence-electron chi connectivity index (χ4n) is 3.44. The van der Waals surface area contributed by atoms with Crippen molar-refractivity contribution >= 4 is 17.5 Å². The van der Waals surface area contributed by atoms with Crippen LogP contribution in [0.15, 0.2) is 47.0 Å². The normalized spacial score (nSPS) is 13.1. The van der Waals surface area contributed by atoms with E-state index >= 15 is 0 Å². The molecule has 1 aliphatic rings. The van der Waals surface area contributed by atoms with Gasteiger partial charge in [-0.05, 0) is 74.1 Å². The lowest BCUT2D eigenvalue weighted by Crippen LogP contribution is -2.18. The van der Waals surface area contributed by atoms with Crippen molar-refractivity contribution in [2.75, 3.05) is 5.32 Å². The number of anilines is 1. The molecule has 4 rings (SSSR count). The summed E-state index contributed by atoms with van der Waals surface area (Å²) in [6.07, 6.45) is 1.98. The van der Waals surface area contributed by atoms with E-state index in [1.54, 1.807) is 30.3 Å². The second-order valence-electron chi connectivity index (χ2n) is 7.55. The maximum Gasteiger partial charge on any atom is 0.255 e. The van der Waals surface area contributed by atoms with Crippen LogP contribution >= 0.6 is 0 Å². The fraction of sp³-hybridized carbons (Fsp3) is 0.261. The van der Waals surface area contributed by atoms with Gasteiger partial charge in [-0.1, -0.05) is 11.2 Å². The van der Waals surface area contributed by atoms with Gasteiger partial charge in [0.2, 0.25) is 5.91 Å². The third kappa shape index (κ3) is 4.20. The number of aromatic nitrogens is 1. The van der Waals surface area contributed by atoms with Crippen molar-refractivity contribution < 1.29 is 18.8 Å². The van der Waals surface area contributed by atoms with E-state index in [0.717, 1.165) is 29.7 Å². The summed E-state index contributed by atoms with van der Waals surface area (Å²) in [5.41, 5.74) is 9.65. The van der Waals surface area contributed by atoms with Gasteiger partial charge in [0.1, 0.15) is 23.8 Å². The summed E-state index contributed by atoms with van der Waals surface area (Å²) < 4.78 is 10.7. The molecule has 0 unspecified atom stereocenters. The zero-order chi connectivity index (χ0) is 21.3. The summed E-state index contributed by atoms with van der Waals surface area (Å²) in [7, 11) is 0. The molecule has 1 aliphatic carbocycles. The maximum atomic E-state index is 12.8. The van der Waals surface area contributed by atoms with E-state index in [-0.39, 0.29) is 18.4 Å². The van der Waals surface area contributed by atoms with Crippen molar-refractivity contribution in [2.45, 2.75) is 39.2 Å². The lowest BCUT2D eigenvalue weighted by molar-refractivity contribution is 0.0995. The fourth-order valence-corrected chi connectivity index (χ4v) is 3.44. The number of primary amides is 1. The predicted octanol–water partition coefficient (Wildman–Crippen LogP) is 4.10. The van der Waals surface area contributed by atoms with E-state index in [1.807, 2.05) is 26.0 Å². The van der Waals surface area contributed by atoms with Gasteiger partial charge in [-0.2, -0.15) is 0 Å². The molecule has 1 saturated carbocycles. The number of carbonyl (C=O) groups excluding carboxylic acids is 2. The highest BCUT2D eigenvalue weighted by Gasteiger charge is 2.31. The van der Waals surface area contributed by atoms with Gasteiger partial charge < -0.3 is 20.3 Å². The Morgan fingerprint density at radius 2 is 1.90 bits per heavy atom. The van der Waals surface area contributed by atoms with Crippen molar-refractivity contribution in [3.63, 3.8) is 0 Å². The predicted molar refractivity (Wildman–Crippen MR) is 112 cm³/mol. The Hall–Kier alpha value is -3.61. The first-order chi connectivity index (χ1) is 14.4. The molecular weight excluding hydrogens is 382 g/mol. The number of ether oxygens (including phenoxy) is 1. The van der Waals surface area contributed by atoms with Crippen molar-refractivity contribution in [3.8, 4) is 5.75 Å². The Morgan fingerprint density at radius 3 is 2.50 bits per heavy atom. The molecule has 0 aliphatic heterocycles. The molecular formula is C23H23N3O4. The minimum Gasteiger partial charge on any atom is -0.487 e. The smallest absolute Gasteiger partial charge is 0.255 e. The Morgan fingerprint density at radius 1 is 1.17 bits per heavy atom. The molecule has 3 N–H and O–H groups in total. The van der Waals surface area contributed by atoms with Crippen molar-refractivity contribution in [1.82, 2.24) is 5.16 Å². The SMILES string of the molecule is Cc1cc(COc2ccc(C(=O)Nc3c(C)ccc(C(N)=O)c3C3CC3)cc2)no1. The standard InChI is InChI=1S/C23H23N3O4/c1-13-3-10-19(22(24)27)20(15-4-5-15)21(13)25-23(28)16-6-8-18(9-7-16)29-12-17-11-14(2)30-26-17/h3,6-11,15H,4-5,12H2,1-2H3,(H2,24,27)(H,25,28). The van der Waals surface area contributed by atoms with Gasteiger partial charge in [0, 0.05) is 22.9 Å². The number of nitrogens with two attached hydrogens (primary N) is 1. The van der Waals surface area contributed by atoms with Crippen LogP contribution in [0.4, 0.5) is 5.69 Å². The molecule has 30 heavy (non-hydrogen) atoms. The first-order valence-electron chi connectivity index (χ1n) is 9.82. The lowest BCUT2D eigenvalue weighted by atomic mass is 9.96. The Bertz CT molecular complexity index is 1100. The summed E-state index contributed by atoms with van der Waals surface area (Å²) in [4.78, 5) is 24.7. The van der Waals surface area contributed by atoms with E-state index in [4.69, 9.17) is 15.0 Å². The van der Waals surface area contributed by atoms with Gasteiger partial charge in [0.15, 0.2) is 0 Å². The zero-order valence-corrected chi connectivity index (χ0v) is 16.9. The van der Waals surface area contributed by atoms with E-state index in [2.05, 4.69) is 10.5 Å². The summed E-state index contributed by atoms with van der Waals surface area (Å²) in [5, 5.41) is 6.86. The number of hydrogen-bond donors (Lipinski definition) is 2. The van der Waals surface area contributed by atoms with Gasteiger partial charge in [-0.3, -0.25) is 9.59 Å². The Kier molecular flexibility index (Phi) is 5.27. The van der Waals surface area contributed by atoms with Crippen LogP contribution in [0.25, 0.3) is 0 Å². The largest absolute Gasteiger partial charge is 0.487 e. The summed E-state index contributed by atoms with van der Waals surface area (Å²) in [5.74, 6) is 0.884. The molecule has 1 fully saturated rings. The molecule has 7 heteroatoms. The number of carbonyl (C=O) groups is 2. The molecule has 154 valence electrons. The topological polar surface area (TPSA) is 107 Å². The minimum atomic E-state index is -0.476. The number of rotatable bonds is 7. The van der Waals surface area contributed by atoms with Crippen LogP contribution < -0.4 is 15.8 Å². The average Bonchev–Trinajstić information content (AvgIpc) is 3.48. The van der Waals surface area contributed by atoms with Crippen molar-refractivity contribution in [2.24, 2.45) is 5.73 Å². The van der Waals surface area contributed by atoms with E-state index < -0.39 is 5.91 Å². The number of hydrogen-bond acceptors (Lipinski definition) is 5. The van der Waals surface area contributed by atoms with Gasteiger partial charge in [-0.25, -0.2) is 0 Å². The number of amides is 2. The second kappa shape index (κ2) is 8.02. The van der Waals surface area contributed by atoms with Crippen LogP contribution in [-0.2, 0) is 6.61 Å². The number of benzene rings is 2. The third-order valence-corrected chi connectivity index (χ3v) is 5.12. The van der Waals surface area contributed by atoms with Crippen LogP contribution in [0.1, 0.15) is 62.1 Å². The van der Waals surface area contributed by atoms with E-state index in [9.17, 15) is 9.59 Å². The molecule has 0 saturated heterocycles. The highest BCUT2D eigenvalue weighted by Crippen LogP contribution is 2.46. The monoisotopic (exact) mass is 405 g/mol. The Labute approximate surface area is 174 Å². The van der Waals surface area contributed by atoms with Crippen LogP contribution in [0.5, 0.6) is 5.75 Å². The van der Waals surface area contributed by atoms with Gasteiger partial charge in [-0.15, -0.1) is 0 Å². The molecule has 1 aromatic heterocycles. The van der Waals surface area contributed by atoms with Crippen LogP contribution in [0.2, 0.25) is 0 Å². The van der Waals surface area contributed by atoms with E-state index in [0.29, 0.717) is 28.3 Å². The number of nitrogens with one attached hydrogen (secondary N) is 1.